The van der Waals surface area contributed by atoms with Crippen LogP contribution in [0.1, 0.15) is 28.5 Å². The van der Waals surface area contributed by atoms with E-state index in [0.29, 0.717) is 12.2 Å². The Bertz CT molecular complexity index is 721. The van der Waals surface area contributed by atoms with Crippen LogP contribution in [0.2, 0.25) is 0 Å². The van der Waals surface area contributed by atoms with Crippen LogP contribution in [0.3, 0.4) is 0 Å². The first-order valence-corrected chi connectivity index (χ1v) is 8.48. The number of halogens is 3. The number of benzene rings is 1. The lowest BCUT2D eigenvalue weighted by Gasteiger charge is -2.36. The number of aromatic nitrogens is 1. The van der Waals surface area contributed by atoms with Crippen LogP contribution in [0, 0.1) is 0 Å². The second-order valence-corrected chi connectivity index (χ2v) is 6.62. The first kappa shape index (κ1) is 16.8. The number of amides is 1. The third kappa shape index (κ3) is 3.56. The van der Waals surface area contributed by atoms with Crippen LogP contribution in [0.15, 0.2) is 48.8 Å². The van der Waals surface area contributed by atoms with Crippen molar-refractivity contribution in [2.75, 3.05) is 5.75 Å². The Hall–Kier alpha value is -2.02. The van der Waals surface area contributed by atoms with E-state index in [1.165, 1.54) is 28.8 Å². The number of pyridine rings is 1. The van der Waals surface area contributed by atoms with Gasteiger partial charge in [0.2, 0.25) is 5.91 Å². The average molecular weight is 352 g/mol. The molecule has 2 heterocycles. The topological polar surface area (TPSA) is 33.2 Å². The molecule has 0 aliphatic carbocycles. The average Bonchev–Trinajstić information content (AvgIpc) is 2.57. The van der Waals surface area contributed by atoms with E-state index in [0.717, 1.165) is 11.6 Å². The number of rotatable bonds is 3. The van der Waals surface area contributed by atoms with Crippen LogP contribution in [0.25, 0.3) is 0 Å². The normalized spacial score (nSPS) is 18.7. The van der Waals surface area contributed by atoms with Gasteiger partial charge in [0.1, 0.15) is 5.37 Å². The van der Waals surface area contributed by atoms with Crippen molar-refractivity contribution >= 4 is 17.7 Å². The highest BCUT2D eigenvalue weighted by molar-refractivity contribution is 7.99. The molecule has 1 aliphatic rings. The maximum Gasteiger partial charge on any atom is 0.416 e. The quantitative estimate of drug-likeness (QED) is 0.827. The second-order valence-electron chi connectivity index (χ2n) is 5.44. The highest BCUT2D eigenvalue weighted by Crippen LogP contribution is 2.43. The fourth-order valence-corrected chi connectivity index (χ4v) is 3.98. The monoisotopic (exact) mass is 352 g/mol. The Morgan fingerprint density at radius 3 is 2.58 bits per heavy atom. The maximum atomic E-state index is 13.3. The summed E-state index contributed by atoms with van der Waals surface area (Å²) in [4.78, 5) is 17.8. The zero-order valence-corrected chi connectivity index (χ0v) is 13.5. The van der Waals surface area contributed by atoms with Gasteiger partial charge in [-0.15, -0.1) is 11.8 Å². The van der Waals surface area contributed by atoms with E-state index in [1.54, 1.807) is 30.6 Å². The molecule has 1 atom stereocenters. The maximum absolute atomic E-state index is 13.3. The molecule has 24 heavy (non-hydrogen) atoms. The van der Waals surface area contributed by atoms with Gasteiger partial charge in [-0.05, 0) is 29.3 Å². The molecule has 1 aromatic heterocycles. The van der Waals surface area contributed by atoms with E-state index in [4.69, 9.17) is 0 Å². The van der Waals surface area contributed by atoms with Gasteiger partial charge >= 0.3 is 6.18 Å². The van der Waals surface area contributed by atoms with Gasteiger partial charge in [0.15, 0.2) is 0 Å². The molecule has 0 saturated carbocycles. The predicted octanol–water partition coefficient (Wildman–Crippen LogP) is 4.26. The minimum atomic E-state index is -4.44. The summed E-state index contributed by atoms with van der Waals surface area (Å²) in [5, 5.41) is -0.641. The van der Waals surface area contributed by atoms with Gasteiger partial charge in [-0.1, -0.05) is 18.2 Å². The molecule has 1 unspecified atom stereocenters. The third-order valence-corrected chi connectivity index (χ3v) is 5.09. The second kappa shape index (κ2) is 6.84. The standard InChI is InChI=1S/C17H15F3N2OS/c18-17(19,20)14-4-2-1-3-13(14)16-22(15(23)7-10-24-16)11-12-5-8-21-9-6-12/h1-6,8-9,16H,7,10-11H2. The molecule has 0 radical (unpaired) electrons. The smallest absolute Gasteiger partial charge is 0.322 e. The van der Waals surface area contributed by atoms with E-state index >= 15 is 0 Å². The summed E-state index contributed by atoms with van der Waals surface area (Å²) in [6.45, 7) is 0.269. The first-order valence-electron chi connectivity index (χ1n) is 7.43. The lowest BCUT2D eigenvalue weighted by atomic mass is 10.1. The Morgan fingerprint density at radius 2 is 1.88 bits per heavy atom. The number of carbonyl (C=O) groups is 1. The van der Waals surface area contributed by atoms with Crippen molar-refractivity contribution in [3.63, 3.8) is 0 Å². The summed E-state index contributed by atoms with van der Waals surface area (Å²) in [5.74, 6) is 0.384. The molecule has 3 nitrogen and oxygen atoms in total. The number of alkyl halides is 3. The minimum absolute atomic E-state index is 0.132. The predicted molar refractivity (Wildman–Crippen MR) is 86.0 cm³/mol. The van der Waals surface area contributed by atoms with Crippen molar-refractivity contribution in [3.8, 4) is 0 Å². The molecule has 1 aliphatic heterocycles. The summed E-state index contributed by atoms with van der Waals surface area (Å²) >= 11 is 1.37. The summed E-state index contributed by atoms with van der Waals surface area (Å²) in [6, 6.07) is 9.00. The fraction of sp³-hybridized carbons (Fsp3) is 0.294. The molecule has 1 saturated heterocycles. The molecular weight excluding hydrogens is 337 g/mol. The summed E-state index contributed by atoms with van der Waals surface area (Å²) in [6.07, 6.45) is -0.897. The molecule has 126 valence electrons. The molecule has 0 bridgehead atoms. The number of nitrogens with zero attached hydrogens (tertiary/aromatic N) is 2. The summed E-state index contributed by atoms with van der Waals surface area (Å²) < 4.78 is 40.0. The number of hydrogen-bond acceptors (Lipinski definition) is 3. The third-order valence-electron chi connectivity index (χ3n) is 3.83. The first-order chi connectivity index (χ1) is 11.5. The van der Waals surface area contributed by atoms with Gasteiger partial charge in [-0.25, -0.2) is 0 Å². The van der Waals surface area contributed by atoms with Crippen molar-refractivity contribution in [3.05, 3.63) is 65.5 Å². The lowest BCUT2D eigenvalue weighted by Crippen LogP contribution is -2.37. The van der Waals surface area contributed by atoms with Crippen LogP contribution >= 0.6 is 11.8 Å². The van der Waals surface area contributed by atoms with Crippen LogP contribution in [-0.4, -0.2) is 21.5 Å². The van der Waals surface area contributed by atoms with E-state index in [2.05, 4.69) is 4.98 Å². The van der Waals surface area contributed by atoms with E-state index in [-0.39, 0.29) is 18.0 Å². The SMILES string of the molecule is O=C1CCSC(c2ccccc2C(F)(F)F)N1Cc1ccncc1. The van der Waals surface area contributed by atoms with Crippen LogP contribution in [0.5, 0.6) is 0 Å². The molecule has 2 aromatic rings. The molecule has 3 rings (SSSR count). The fourth-order valence-electron chi connectivity index (χ4n) is 2.71. The molecule has 7 heteroatoms. The van der Waals surface area contributed by atoms with Gasteiger partial charge in [0.05, 0.1) is 5.56 Å². The van der Waals surface area contributed by atoms with Crippen molar-refractivity contribution in [1.29, 1.82) is 0 Å². The number of carbonyl (C=O) groups excluding carboxylic acids is 1. The Balaban J connectivity index is 1.97. The van der Waals surface area contributed by atoms with Crippen LogP contribution < -0.4 is 0 Å². The summed E-state index contributed by atoms with van der Waals surface area (Å²) in [7, 11) is 0. The summed E-state index contributed by atoms with van der Waals surface area (Å²) in [5.41, 5.74) is 0.296. The van der Waals surface area contributed by atoms with Crippen molar-refractivity contribution in [2.24, 2.45) is 0 Å². The van der Waals surface area contributed by atoms with E-state index < -0.39 is 17.1 Å². The van der Waals surface area contributed by atoms with E-state index in [1.807, 2.05) is 0 Å². The Labute approximate surface area is 141 Å². The largest absolute Gasteiger partial charge is 0.416 e. The highest BCUT2D eigenvalue weighted by Gasteiger charge is 2.38. The Morgan fingerprint density at radius 1 is 1.17 bits per heavy atom. The lowest BCUT2D eigenvalue weighted by molar-refractivity contribution is -0.140. The van der Waals surface area contributed by atoms with Crippen molar-refractivity contribution in [2.45, 2.75) is 24.5 Å². The van der Waals surface area contributed by atoms with Gasteiger partial charge in [-0.2, -0.15) is 13.2 Å². The molecule has 1 fully saturated rings. The van der Waals surface area contributed by atoms with Gasteiger partial charge in [0, 0.05) is 31.1 Å². The number of thioether (sulfide) groups is 1. The van der Waals surface area contributed by atoms with E-state index in [9.17, 15) is 18.0 Å². The van der Waals surface area contributed by atoms with Crippen molar-refractivity contribution < 1.29 is 18.0 Å². The van der Waals surface area contributed by atoms with Crippen molar-refractivity contribution in [1.82, 2.24) is 9.88 Å². The van der Waals surface area contributed by atoms with Gasteiger partial charge in [0.25, 0.3) is 0 Å². The minimum Gasteiger partial charge on any atom is -0.322 e. The Kier molecular flexibility index (Phi) is 4.80. The molecule has 1 aromatic carbocycles. The van der Waals surface area contributed by atoms with Gasteiger partial charge < -0.3 is 4.90 Å². The zero-order chi connectivity index (χ0) is 17.2. The highest BCUT2D eigenvalue weighted by atomic mass is 32.2. The van der Waals surface area contributed by atoms with Crippen LogP contribution in [0.4, 0.5) is 13.2 Å². The molecule has 1 amide bonds. The molecular formula is C17H15F3N2OS. The van der Waals surface area contributed by atoms with Crippen LogP contribution in [-0.2, 0) is 17.5 Å². The molecule has 0 N–H and O–H groups in total. The zero-order valence-electron chi connectivity index (χ0n) is 12.7. The number of hydrogen-bond donors (Lipinski definition) is 0. The van der Waals surface area contributed by atoms with Gasteiger partial charge in [-0.3, -0.25) is 9.78 Å². The molecule has 0 spiro atoms.